The quantitative estimate of drug-likeness (QED) is 0.208. The van der Waals surface area contributed by atoms with Crippen molar-refractivity contribution in [3.8, 4) is 22.8 Å². The number of aromatic carboxylic acids is 1. The predicted molar refractivity (Wildman–Crippen MR) is 184 cm³/mol. The Hall–Kier alpha value is -5.82. The lowest BCUT2D eigenvalue weighted by atomic mass is 10.1. The zero-order chi connectivity index (χ0) is 33.7. The monoisotopic (exact) mass is 660 g/mol. The van der Waals surface area contributed by atoms with Gasteiger partial charge in [-0.05, 0) is 53.9 Å². The van der Waals surface area contributed by atoms with Crippen LogP contribution in [0.1, 0.15) is 27.2 Å². The van der Waals surface area contributed by atoms with E-state index in [4.69, 9.17) is 34.1 Å². The number of methoxy groups -OCH3 is 2. The normalized spacial score (nSPS) is 14.0. The number of carboxylic acid groups (broad SMARTS) is 1. The molecule has 2 aromatic carbocycles. The van der Waals surface area contributed by atoms with Gasteiger partial charge in [0, 0.05) is 68.1 Å². The third-order valence-electron chi connectivity index (χ3n) is 8.64. The fourth-order valence-electron chi connectivity index (χ4n) is 6.05. The molecular weight excluding hydrogens is 624 g/mol. The summed E-state index contributed by atoms with van der Waals surface area (Å²) >= 11 is 0. The van der Waals surface area contributed by atoms with Crippen molar-refractivity contribution in [2.75, 3.05) is 61.8 Å². The van der Waals surface area contributed by atoms with E-state index in [1.54, 1.807) is 26.4 Å². The van der Waals surface area contributed by atoms with Gasteiger partial charge in [0.2, 0.25) is 11.9 Å². The van der Waals surface area contributed by atoms with Gasteiger partial charge in [-0.1, -0.05) is 24.3 Å². The molecule has 7 rings (SSSR count). The summed E-state index contributed by atoms with van der Waals surface area (Å²) in [5, 5.41) is 9.57. The van der Waals surface area contributed by atoms with E-state index in [2.05, 4.69) is 14.8 Å². The lowest BCUT2D eigenvalue weighted by Crippen LogP contribution is -2.37. The van der Waals surface area contributed by atoms with Crippen LogP contribution in [0.4, 0.5) is 23.4 Å². The second-order valence-electron chi connectivity index (χ2n) is 11.7. The zero-order valence-electron chi connectivity index (χ0n) is 27.3. The maximum Gasteiger partial charge on any atom is 0.354 e. The van der Waals surface area contributed by atoms with Crippen LogP contribution in [0.5, 0.6) is 11.5 Å². The van der Waals surface area contributed by atoms with Gasteiger partial charge in [-0.3, -0.25) is 0 Å². The Kier molecular flexibility index (Phi) is 9.15. The van der Waals surface area contributed by atoms with E-state index in [-0.39, 0.29) is 5.69 Å². The van der Waals surface area contributed by atoms with Crippen molar-refractivity contribution in [2.45, 2.75) is 19.5 Å². The molecule has 250 valence electrons. The summed E-state index contributed by atoms with van der Waals surface area (Å²) in [6, 6.07) is 19.3. The highest BCUT2D eigenvalue weighted by Crippen LogP contribution is 2.39. The molecule has 2 aliphatic rings. The fraction of sp³-hybridized carbons (Fsp3) is 0.278. The first kappa shape index (κ1) is 31.8. The van der Waals surface area contributed by atoms with E-state index >= 15 is 0 Å². The van der Waals surface area contributed by atoms with Crippen LogP contribution in [-0.4, -0.2) is 83.1 Å². The van der Waals surface area contributed by atoms with Crippen LogP contribution in [0.15, 0.2) is 79.3 Å². The number of hydrogen-bond acceptors (Lipinski definition) is 12. The number of ether oxygens (including phenoxy) is 3. The molecule has 1 fully saturated rings. The summed E-state index contributed by atoms with van der Waals surface area (Å²) in [4.78, 5) is 41.8. The van der Waals surface area contributed by atoms with Crippen LogP contribution < -0.4 is 24.2 Å². The number of carboxylic acids is 1. The smallest absolute Gasteiger partial charge is 0.354 e. The molecule has 0 unspecified atom stereocenters. The molecule has 0 bridgehead atoms. The van der Waals surface area contributed by atoms with Crippen molar-refractivity contribution in [1.82, 2.24) is 24.9 Å². The van der Waals surface area contributed by atoms with Gasteiger partial charge in [-0.15, -0.1) is 0 Å². The maximum atomic E-state index is 11.7. The van der Waals surface area contributed by atoms with Crippen LogP contribution in [-0.2, 0) is 24.2 Å². The summed E-state index contributed by atoms with van der Waals surface area (Å²) in [5.74, 6) is 2.41. The number of benzene rings is 2. The third kappa shape index (κ3) is 6.92. The predicted octanol–water partition coefficient (Wildman–Crippen LogP) is 4.78. The largest absolute Gasteiger partial charge is 0.497 e. The highest BCUT2D eigenvalue weighted by molar-refractivity contribution is 5.87. The van der Waals surface area contributed by atoms with Gasteiger partial charge in [0.1, 0.15) is 23.0 Å². The maximum absolute atomic E-state index is 11.7. The van der Waals surface area contributed by atoms with Crippen molar-refractivity contribution in [3.05, 3.63) is 102 Å². The van der Waals surface area contributed by atoms with Crippen molar-refractivity contribution in [2.24, 2.45) is 0 Å². The molecule has 1 N–H and O–H groups in total. The number of aromatic nitrogens is 5. The Bertz CT molecular complexity index is 1870. The van der Waals surface area contributed by atoms with Gasteiger partial charge in [0.25, 0.3) is 0 Å². The third-order valence-corrected chi connectivity index (χ3v) is 8.64. The second kappa shape index (κ2) is 14.1. The molecule has 0 amide bonds. The van der Waals surface area contributed by atoms with Crippen LogP contribution in [0.3, 0.4) is 0 Å². The van der Waals surface area contributed by atoms with E-state index < -0.39 is 5.97 Å². The van der Waals surface area contributed by atoms with Crippen molar-refractivity contribution >= 4 is 29.4 Å². The minimum Gasteiger partial charge on any atom is -0.497 e. The summed E-state index contributed by atoms with van der Waals surface area (Å²) < 4.78 is 16.3. The Morgan fingerprint density at radius 2 is 1.49 bits per heavy atom. The summed E-state index contributed by atoms with van der Waals surface area (Å²) in [5.41, 5.74) is 5.35. The second-order valence-corrected chi connectivity index (χ2v) is 11.7. The molecular formula is C36H36N8O5. The summed E-state index contributed by atoms with van der Waals surface area (Å²) in [6.45, 7) is 4.28. The Labute approximate surface area is 283 Å². The molecule has 0 saturated carbocycles. The van der Waals surface area contributed by atoms with Gasteiger partial charge >= 0.3 is 5.97 Å². The highest BCUT2D eigenvalue weighted by atomic mass is 16.5. The number of morpholine rings is 1. The van der Waals surface area contributed by atoms with Gasteiger partial charge in [0.05, 0.1) is 33.1 Å². The van der Waals surface area contributed by atoms with E-state index in [9.17, 15) is 9.90 Å². The molecule has 0 aliphatic carbocycles. The van der Waals surface area contributed by atoms with E-state index in [1.165, 1.54) is 6.20 Å². The summed E-state index contributed by atoms with van der Waals surface area (Å²) in [6.07, 6.45) is 5.82. The number of pyridine rings is 1. The molecule has 49 heavy (non-hydrogen) atoms. The first-order valence-electron chi connectivity index (χ1n) is 16.0. The van der Waals surface area contributed by atoms with E-state index in [0.29, 0.717) is 69.9 Å². The highest BCUT2D eigenvalue weighted by Gasteiger charge is 2.30. The molecule has 13 nitrogen and oxygen atoms in total. The number of hydrogen-bond donors (Lipinski definition) is 1. The summed E-state index contributed by atoms with van der Waals surface area (Å²) in [7, 11) is 3.31. The number of anilines is 4. The van der Waals surface area contributed by atoms with Crippen LogP contribution >= 0.6 is 0 Å². The molecule has 1 saturated heterocycles. The molecule has 5 aromatic rings. The molecule has 5 heterocycles. The molecule has 0 spiro atoms. The van der Waals surface area contributed by atoms with Crippen LogP contribution in [0.2, 0.25) is 0 Å². The molecule has 3 aromatic heterocycles. The molecule has 13 heteroatoms. The minimum atomic E-state index is -1.08. The first-order valence-corrected chi connectivity index (χ1v) is 16.0. The van der Waals surface area contributed by atoms with Crippen LogP contribution in [0.25, 0.3) is 11.3 Å². The van der Waals surface area contributed by atoms with Crippen molar-refractivity contribution < 1.29 is 24.1 Å². The van der Waals surface area contributed by atoms with Crippen molar-refractivity contribution in [3.63, 3.8) is 0 Å². The Morgan fingerprint density at radius 1 is 0.857 bits per heavy atom. The standard InChI is InChI=1S/C36H36N8O5/c1-47-28-7-3-24(4-8-28)22-43(23-25-5-9-29(48-2)10-6-25)35-38-20-26(21-39-35)32-30-12-14-44(27-11-13-37-31(19-27)34(45)46)33(30)41-36(40-32)42-15-17-49-18-16-42/h3-11,13,19-21H,12,14-18,22-23H2,1-2H3,(H,45,46). The van der Waals surface area contributed by atoms with E-state index in [0.717, 1.165) is 45.3 Å². The lowest BCUT2D eigenvalue weighted by Gasteiger charge is -2.28. The van der Waals surface area contributed by atoms with Crippen LogP contribution in [0, 0.1) is 0 Å². The topological polar surface area (TPSA) is 139 Å². The Balaban J connectivity index is 1.24. The van der Waals surface area contributed by atoms with Gasteiger partial charge in [0.15, 0.2) is 0 Å². The molecule has 2 aliphatic heterocycles. The SMILES string of the molecule is COc1ccc(CN(Cc2ccc(OC)cc2)c2ncc(-c3nc(N4CCOCC4)nc4c3CCN4c3ccnc(C(=O)O)c3)cn2)cc1. The average molecular weight is 661 g/mol. The number of fused-ring (bicyclic) bond motifs is 1. The first-order chi connectivity index (χ1) is 24.0. The van der Waals surface area contributed by atoms with Gasteiger partial charge < -0.3 is 34.0 Å². The zero-order valence-corrected chi connectivity index (χ0v) is 27.3. The Morgan fingerprint density at radius 3 is 2.08 bits per heavy atom. The number of nitrogens with zero attached hydrogens (tertiary/aromatic N) is 8. The average Bonchev–Trinajstić information content (AvgIpc) is 3.59. The molecule has 0 radical (unpaired) electrons. The van der Waals surface area contributed by atoms with Gasteiger partial charge in [-0.25, -0.2) is 24.7 Å². The fourth-order valence-corrected chi connectivity index (χ4v) is 6.05. The lowest BCUT2D eigenvalue weighted by molar-refractivity contribution is 0.0690. The molecule has 0 atom stereocenters. The minimum absolute atomic E-state index is 0.0218. The number of carbonyl (C=O) groups is 1. The number of rotatable bonds is 11. The van der Waals surface area contributed by atoms with Gasteiger partial charge in [-0.2, -0.15) is 4.98 Å². The van der Waals surface area contributed by atoms with Crippen molar-refractivity contribution in [1.29, 1.82) is 0 Å². The van der Waals surface area contributed by atoms with E-state index in [1.807, 2.05) is 65.8 Å².